The maximum Gasteiger partial charge on any atom is 0.170 e. The Kier molecular flexibility index (Phi) is 4.07. The summed E-state index contributed by atoms with van der Waals surface area (Å²) < 4.78 is 0. The molecule has 16 heavy (non-hydrogen) atoms. The first-order chi connectivity index (χ1) is 7.90. The van der Waals surface area contributed by atoms with E-state index in [4.69, 9.17) is 0 Å². The summed E-state index contributed by atoms with van der Waals surface area (Å²) >= 11 is 1.67. The number of thiazole rings is 1. The van der Waals surface area contributed by atoms with Crippen LogP contribution in [0, 0.1) is 0 Å². The lowest BCUT2D eigenvalue weighted by atomic mass is 10.3. The van der Waals surface area contributed by atoms with E-state index in [0.29, 0.717) is 0 Å². The van der Waals surface area contributed by atoms with Gasteiger partial charge >= 0.3 is 0 Å². The molecule has 0 amide bonds. The molecule has 0 aromatic carbocycles. The summed E-state index contributed by atoms with van der Waals surface area (Å²) in [5.41, 5.74) is 1.15. The molecule has 1 unspecified atom stereocenters. The maximum atomic E-state index is 4.57. The number of allylic oxidation sites excluding steroid dienone is 1. The summed E-state index contributed by atoms with van der Waals surface area (Å²) in [6, 6.07) is 0. The van der Waals surface area contributed by atoms with Gasteiger partial charge in [-0.15, -0.1) is 11.3 Å². The summed E-state index contributed by atoms with van der Waals surface area (Å²) in [4.78, 5) is 8.89. The molecule has 5 heteroatoms. The van der Waals surface area contributed by atoms with Crippen molar-refractivity contribution in [2.75, 3.05) is 13.1 Å². The minimum atomic E-state index is 0.00267. The van der Waals surface area contributed by atoms with Gasteiger partial charge in [0.25, 0.3) is 0 Å². The highest BCUT2D eigenvalue weighted by atomic mass is 32.1. The Morgan fingerprint density at radius 1 is 1.56 bits per heavy atom. The predicted molar refractivity (Wildman–Crippen MR) is 67.9 cm³/mol. The molecule has 2 N–H and O–H groups in total. The predicted octanol–water partition coefficient (Wildman–Crippen LogP) is 1.48. The Balaban J connectivity index is 1.91. The second-order valence-electron chi connectivity index (χ2n) is 3.51. The minimum Gasteiger partial charge on any atom is -0.364 e. The van der Waals surface area contributed by atoms with Crippen LogP contribution in [0.3, 0.4) is 0 Å². The molecule has 0 saturated heterocycles. The van der Waals surface area contributed by atoms with Gasteiger partial charge in [0.05, 0.1) is 5.69 Å². The highest BCUT2D eigenvalue weighted by molar-refractivity contribution is 7.09. The Labute approximate surface area is 99.5 Å². The Bertz CT molecular complexity index is 383. The molecule has 86 valence electrons. The minimum absolute atomic E-state index is 0.00267. The fourth-order valence-electron chi connectivity index (χ4n) is 1.46. The fraction of sp³-hybridized carbons (Fsp3) is 0.455. The van der Waals surface area contributed by atoms with Gasteiger partial charge in [-0.05, 0) is 18.8 Å². The normalized spacial score (nSPS) is 18.7. The molecule has 1 aromatic rings. The van der Waals surface area contributed by atoms with Gasteiger partial charge in [-0.25, -0.2) is 4.98 Å². The Morgan fingerprint density at radius 2 is 2.50 bits per heavy atom. The Morgan fingerprint density at radius 3 is 3.25 bits per heavy atom. The van der Waals surface area contributed by atoms with Crippen molar-refractivity contribution in [3.63, 3.8) is 0 Å². The van der Waals surface area contributed by atoms with Gasteiger partial charge in [0.1, 0.15) is 5.01 Å². The zero-order valence-electron chi connectivity index (χ0n) is 9.31. The molecule has 1 aliphatic heterocycles. The third kappa shape index (κ3) is 2.90. The van der Waals surface area contributed by atoms with Crippen LogP contribution in [-0.4, -0.2) is 24.3 Å². The van der Waals surface area contributed by atoms with Crippen LogP contribution in [0.2, 0.25) is 0 Å². The summed E-state index contributed by atoms with van der Waals surface area (Å²) in [5.74, 6) is 0. The monoisotopic (exact) mass is 236 g/mol. The van der Waals surface area contributed by atoms with Gasteiger partial charge in [0.15, 0.2) is 6.17 Å². The lowest BCUT2D eigenvalue weighted by Crippen LogP contribution is -2.17. The summed E-state index contributed by atoms with van der Waals surface area (Å²) in [6.07, 6.45) is 6.58. The van der Waals surface area contributed by atoms with Crippen LogP contribution >= 0.6 is 11.3 Å². The van der Waals surface area contributed by atoms with E-state index in [1.54, 1.807) is 17.6 Å². The molecule has 0 aliphatic carbocycles. The number of nitrogens with zero attached hydrogens (tertiary/aromatic N) is 2. The number of likely N-dealkylation sites (N-methyl/N-ethyl adjacent to an activating group) is 1. The average Bonchev–Trinajstić information content (AvgIpc) is 2.79. The van der Waals surface area contributed by atoms with Crippen molar-refractivity contribution in [1.82, 2.24) is 15.6 Å². The maximum absolute atomic E-state index is 4.57. The molecule has 1 aliphatic rings. The molecule has 0 fully saturated rings. The van der Waals surface area contributed by atoms with E-state index in [0.717, 1.165) is 30.2 Å². The zero-order valence-corrected chi connectivity index (χ0v) is 10.1. The molecule has 0 saturated carbocycles. The number of aromatic nitrogens is 1. The fourth-order valence-corrected chi connectivity index (χ4v) is 2.31. The largest absolute Gasteiger partial charge is 0.364 e. The van der Waals surface area contributed by atoms with Crippen LogP contribution in [0.15, 0.2) is 22.6 Å². The van der Waals surface area contributed by atoms with E-state index < -0.39 is 0 Å². The van der Waals surface area contributed by atoms with E-state index in [9.17, 15) is 0 Å². The third-order valence-electron chi connectivity index (χ3n) is 2.28. The smallest absolute Gasteiger partial charge is 0.170 e. The van der Waals surface area contributed by atoms with E-state index in [2.05, 4.69) is 32.9 Å². The first-order valence-corrected chi connectivity index (χ1v) is 6.37. The van der Waals surface area contributed by atoms with Crippen LogP contribution in [0.25, 0.3) is 0 Å². The highest BCUT2D eigenvalue weighted by Gasteiger charge is 2.12. The SMILES string of the molecule is CCNCCc1csc(C2N=CC=CN2)n1. The standard InChI is InChI=1S/C11H16N4S/c1-2-12-7-4-9-8-16-11(15-9)10-13-5-3-6-14-10/h3,5-6,8,10,12-13H,2,4,7H2,1H3. The van der Waals surface area contributed by atoms with Crippen LogP contribution in [-0.2, 0) is 6.42 Å². The van der Waals surface area contributed by atoms with Gasteiger partial charge < -0.3 is 10.6 Å². The van der Waals surface area contributed by atoms with Crippen molar-refractivity contribution >= 4 is 17.6 Å². The molecular weight excluding hydrogens is 220 g/mol. The average molecular weight is 236 g/mol. The van der Waals surface area contributed by atoms with Crippen molar-refractivity contribution in [2.45, 2.75) is 19.5 Å². The summed E-state index contributed by atoms with van der Waals surface area (Å²) in [5, 5.41) is 9.61. The molecule has 2 rings (SSSR count). The van der Waals surface area contributed by atoms with Crippen LogP contribution in [0.5, 0.6) is 0 Å². The van der Waals surface area contributed by atoms with Crippen molar-refractivity contribution < 1.29 is 0 Å². The van der Waals surface area contributed by atoms with Crippen molar-refractivity contribution in [1.29, 1.82) is 0 Å². The summed E-state index contributed by atoms with van der Waals surface area (Å²) in [7, 11) is 0. The van der Waals surface area contributed by atoms with Gasteiger partial charge in [0, 0.05) is 24.6 Å². The molecule has 2 heterocycles. The van der Waals surface area contributed by atoms with Gasteiger partial charge in [0.2, 0.25) is 0 Å². The van der Waals surface area contributed by atoms with E-state index in [1.165, 1.54) is 0 Å². The molecular formula is C11H16N4S. The van der Waals surface area contributed by atoms with Crippen LogP contribution < -0.4 is 10.6 Å². The second kappa shape index (κ2) is 5.77. The third-order valence-corrected chi connectivity index (χ3v) is 3.23. The molecule has 1 aromatic heterocycles. The second-order valence-corrected chi connectivity index (χ2v) is 4.40. The molecule has 0 bridgehead atoms. The van der Waals surface area contributed by atoms with E-state index in [1.807, 2.05) is 12.3 Å². The molecule has 0 radical (unpaired) electrons. The van der Waals surface area contributed by atoms with Gasteiger partial charge in [-0.3, -0.25) is 4.99 Å². The number of aliphatic imine (C=N–C) groups is 1. The quantitative estimate of drug-likeness (QED) is 0.761. The van der Waals surface area contributed by atoms with Crippen LogP contribution in [0.4, 0.5) is 0 Å². The Hall–Kier alpha value is -1.20. The van der Waals surface area contributed by atoms with Crippen LogP contribution in [0.1, 0.15) is 23.8 Å². The zero-order chi connectivity index (χ0) is 11.2. The van der Waals surface area contributed by atoms with E-state index in [-0.39, 0.29) is 6.17 Å². The van der Waals surface area contributed by atoms with E-state index >= 15 is 0 Å². The van der Waals surface area contributed by atoms with Crippen molar-refractivity contribution in [3.8, 4) is 0 Å². The van der Waals surface area contributed by atoms with Gasteiger partial charge in [-0.1, -0.05) is 6.92 Å². The number of rotatable bonds is 5. The molecule has 4 nitrogen and oxygen atoms in total. The number of hydrogen-bond acceptors (Lipinski definition) is 5. The lowest BCUT2D eigenvalue weighted by molar-refractivity contribution is 0.642. The summed E-state index contributed by atoms with van der Waals surface area (Å²) in [6.45, 7) is 4.11. The first-order valence-electron chi connectivity index (χ1n) is 5.49. The van der Waals surface area contributed by atoms with Crippen molar-refractivity contribution in [2.24, 2.45) is 4.99 Å². The van der Waals surface area contributed by atoms with Crippen molar-refractivity contribution in [3.05, 3.63) is 28.4 Å². The lowest BCUT2D eigenvalue weighted by Gasteiger charge is -2.11. The highest BCUT2D eigenvalue weighted by Crippen LogP contribution is 2.20. The van der Waals surface area contributed by atoms with Gasteiger partial charge in [-0.2, -0.15) is 0 Å². The topological polar surface area (TPSA) is 49.3 Å². The first kappa shape index (κ1) is 11.3. The molecule has 1 atom stereocenters. The number of hydrogen-bond donors (Lipinski definition) is 2. The molecule has 0 spiro atoms. The number of nitrogens with one attached hydrogen (secondary N) is 2.